The summed E-state index contributed by atoms with van der Waals surface area (Å²) < 4.78 is 22.7. The molecule has 0 aromatic heterocycles. The number of hydrogen-bond acceptors (Lipinski definition) is 6. The number of fused-ring (bicyclic) bond motifs is 1. The molecule has 2 amide bonds. The van der Waals surface area contributed by atoms with Gasteiger partial charge in [0.25, 0.3) is 11.8 Å². The number of imide groups is 1. The Labute approximate surface area is 127 Å². The van der Waals surface area contributed by atoms with Gasteiger partial charge in [0.1, 0.15) is 0 Å². The van der Waals surface area contributed by atoms with Crippen molar-refractivity contribution in [3.63, 3.8) is 0 Å². The third-order valence-electron chi connectivity index (χ3n) is 3.19. The summed E-state index contributed by atoms with van der Waals surface area (Å²) >= 11 is 0. The monoisotopic (exact) mass is 325 g/mol. The average Bonchev–Trinajstić information content (AvgIpc) is 2.63. The second kappa shape index (κ2) is 5.20. The van der Waals surface area contributed by atoms with Crippen molar-refractivity contribution in [1.29, 1.82) is 0 Å². The molecule has 0 N–H and O–H groups in total. The zero-order chi connectivity index (χ0) is 16.7. The average molecular weight is 325 g/mol. The minimum atomic E-state index is -3.76. The van der Waals surface area contributed by atoms with E-state index in [9.17, 15) is 22.8 Å². The first-order valence-corrected chi connectivity index (χ1v) is 8.11. The van der Waals surface area contributed by atoms with E-state index in [1.807, 2.05) is 0 Å². The second-order valence-electron chi connectivity index (χ2n) is 5.79. The van der Waals surface area contributed by atoms with E-state index in [4.69, 9.17) is 0 Å². The van der Waals surface area contributed by atoms with Gasteiger partial charge >= 0.3 is 5.97 Å². The van der Waals surface area contributed by atoms with Crippen LogP contribution in [-0.2, 0) is 19.5 Å². The first-order valence-electron chi connectivity index (χ1n) is 6.45. The summed E-state index contributed by atoms with van der Waals surface area (Å²) in [6, 6.07) is 5.99. The summed E-state index contributed by atoms with van der Waals surface area (Å²) in [4.78, 5) is 40.4. The van der Waals surface area contributed by atoms with Crippen LogP contribution in [0.1, 0.15) is 41.5 Å². The summed E-state index contributed by atoms with van der Waals surface area (Å²) in [5, 5.41) is 0.297. The van der Waals surface area contributed by atoms with Gasteiger partial charge in [0.2, 0.25) is 0 Å². The van der Waals surface area contributed by atoms with Gasteiger partial charge in [-0.1, -0.05) is 17.2 Å². The number of benzene rings is 1. The summed E-state index contributed by atoms with van der Waals surface area (Å²) in [6.07, 6.45) is 0. The molecule has 7 nitrogen and oxygen atoms in total. The zero-order valence-corrected chi connectivity index (χ0v) is 13.1. The molecular formula is C14H15NO6S. The quantitative estimate of drug-likeness (QED) is 0.768. The highest BCUT2D eigenvalue weighted by atomic mass is 32.2. The van der Waals surface area contributed by atoms with Crippen molar-refractivity contribution >= 4 is 27.6 Å². The number of nitrogens with zero attached hydrogens (tertiary/aromatic N) is 1. The SMILES string of the molecule is CC(C)(C)S(=O)(=O)CC(=O)ON1C(=O)c2ccccc2C1=O. The topological polar surface area (TPSA) is 97.8 Å². The van der Waals surface area contributed by atoms with Crippen LogP contribution in [-0.4, -0.2) is 41.8 Å². The number of hydrogen-bond donors (Lipinski definition) is 0. The van der Waals surface area contributed by atoms with Gasteiger partial charge in [-0.15, -0.1) is 0 Å². The lowest BCUT2D eigenvalue weighted by Crippen LogP contribution is -2.38. The predicted octanol–water partition coefficient (Wildman–Crippen LogP) is 0.954. The first-order chi connectivity index (χ1) is 10.0. The molecule has 0 aliphatic carbocycles. The van der Waals surface area contributed by atoms with Crippen LogP contribution >= 0.6 is 0 Å². The molecule has 22 heavy (non-hydrogen) atoms. The van der Waals surface area contributed by atoms with Crippen molar-refractivity contribution in [2.45, 2.75) is 25.5 Å². The molecule has 8 heteroatoms. The van der Waals surface area contributed by atoms with Gasteiger partial charge in [0.15, 0.2) is 15.6 Å². The highest BCUT2D eigenvalue weighted by molar-refractivity contribution is 7.93. The number of carbonyl (C=O) groups excluding carboxylic acids is 3. The number of rotatable bonds is 3. The van der Waals surface area contributed by atoms with Gasteiger partial charge < -0.3 is 4.84 Å². The first kappa shape index (κ1) is 16.2. The summed E-state index contributed by atoms with van der Waals surface area (Å²) in [6.45, 7) is 4.33. The van der Waals surface area contributed by atoms with Crippen LogP contribution < -0.4 is 0 Å². The molecule has 1 aliphatic rings. The molecular weight excluding hydrogens is 310 g/mol. The van der Waals surface area contributed by atoms with E-state index in [0.29, 0.717) is 5.06 Å². The van der Waals surface area contributed by atoms with Crippen LogP contribution in [0.2, 0.25) is 0 Å². The van der Waals surface area contributed by atoms with Crippen molar-refractivity contribution in [2.75, 3.05) is 5.75 Å². The maximum absolute atomic E-state index is 12.0. The Bertz CT molecular complexity index is 725. The fraction of sp³-hybridized carbons (Fsp3) is 0.357. The Morgan fingerprint density at radius 3 is 1.95 bits per heavy atom. The van der Waals surface area contributed by atoms with Crippen molar-refractivity contribution in [3.8, 4) is 0 Å². The van der Waals surface area contributed by atoms with Crippen molar-refractivity contribution in [3.05, 3.63) is 35.4 Å². The molecule has 0 radical (unpaired) electrons. The van der Waals surface area contributed by atoms with Crippen molar-refractivity contribution in [2.24, 2.45) is 0 Å². The standard InChI is InChI=1S/C14H15NO6S/c1-14(2,3)22(19,20)8-11(16)21-15-12(17)9-6-4-5-7-10(9)13(15)18/h4-7H,8H2,1-3H3. The van der Waals surface area contributed by atoms with Crippen LogP contribution in [0.4, 0.5) is 0 Å². The Morgan fingerprint density at radius 1 is 1.09 bits per heavy atom. The van der Waals surface area contributed by atoms with E-state index >= 15 is 0 Å². The van der Waals surface area contributed by atoms with Gasteiger partial charge in [-0.25, -0.2) is 13.2 Å². The van der Waals surface area contributed by atoms with E-state index in [1.54, 1.807) is 12.1 Å². The summed E-state index contributed by atoms with van der Waals surface area (Å²) in [5.74, 6) is -3.67. The van der Waals surface area contributed by atoms with Crippen LogP contribution in [0.5, 0.6) is 0 Å². The number of sulfone groups is 1. The number of hydroxylamine groups is 2. The van der Waals surface area contributed by atoms with Gasteiger partial charge in [-0.05, 0) is 32.9 Å². The highest BCUT2D eigenvalue weighted by Gasteiger charge is 2.40. The maximum Gasteiger partial charge on any atom is 0.348 e. The Hall–Kier alpha value is -2.22. The van der Waals surface area contributed by atoms with Gasteiger partial charge in [-0.3, -0.25) is 9.59 Å². The minimum Gasteiger partial charge on any atom is -0.329 e. The predicted molar refractivity (Wildman–Crippen MR) is 76.6 cm³/mol. The van der Waals surface area contributed by atoms with Crippen LogP contribution in [0.3, 0.4) is 0 Å². The molecule has 0 saturated heterocycles. The zero-order valence-electron chi connectivity index (χ0n) is 12.3. The Balaban J connectivity index is 2.15. The van der Waals surface area contributed by atoms with Gasteiger partial charge in [0, 0.05) is 0 Å². The Kier molecular flexibility index (Phi) is 3.82. The fourth-order valence-corrected chi connectivity index (χ4v) is 2.55. The van der Waals surface area contributed by atoms with E-state index in [0.717, 1.165) is 0 Å². The lowest BCUT2D eigenvalue weighted by atomic mass is 10.1. The second-order valence-corrected chi connectivity index (χ2v) is 8.53. The summed E-state index contributed by atoms with van der Waals surface area (Å²) in [7, 11) is -3.76. The van der Waals surface area contributed by atoms with Crippen LogP contribution in [0.25, 0.3) is 0 Å². The molecule has 0 bridgehead atoms. The molecule has 0 unspecified atom stereocenters. The van der Waals surface area contributed by atoms with Gasteiger partial charge in [-0.2, -0.15) is 0 Å². The smallest absolute Gasteiger partial charge is 0.329 e. The van der Waals surface area contributed by atoms with Crippen LogP contribution in [0.15, 0.2) is 24.3 Å². The third kappa shape index (κ3) is 2.74. The molecule has 1 aromatic rings. The van der Waals surface area contributed by atoms with E-state index in [2.05, 4.69) is 4.84 Å². The van der Waals surface area contributed by atoms with Crippen molar-refractivity contribution < 1.29 is 27.6 Å². The van der Waals surface area contributed by atoms with E-state index < -0.39 is 38.1 Å². The van der Waals surface area contributed by atoms with Crippen molar-refractivity contribution in [1.82, 2.24) is 5.06 Å². The molecule has 0 fully saturated rings. The van der Waals surface area contributed by atoms with Gasteiger partial charge in [0.05, 0.1) is 15.9 Å². The minimum absolute atomic E-state index is 0.110. The van der Waals surface area contributed by atoms with E-state index in [1.165, 1.54) is 32.9 Å². The molecule has 2 rings (SSSR count). The lowest BCUT2D eigenvalue weighted by molar-refractivity contribution is -0.165. The molecule has 0 atom stereocenters. The molecule has 0 spiro atoms. The fourth-order valence-electron chi connectivity index (χ4n) is 1.75. The molecule has 1 aliphatic heterocycles. The molecule has 118 valence electrons. The van der Waals surface area contributed by atoms with Crippen LogP contribution in [0, 0.1) is 0 Å². The molecule has 1 aromatic carbocycles. The lowest BCUT2D eigenvalue weighted by Gasteiger charge is -2.19. The summed E-state index contributed by atoms with van der Waals surface area (Å²) in [5.41, 5.74) is 0.220. The largest absolute Gasteiger partial charge is 0.348 e. The number of amides is 2. The third-order valence-corrected chi connectivity index (χ3v) is 5.67. The van der Waals surface area contributed by atoms with E-state index in [-0.39, 0.29) is 11.1 Å². The highest BCUT2D eigenvalue weighted by Crippen LogP contribution is 2.23. The normalized spacial score (nSPS) is 15.0. The Morgan fingerprint density at radius 2 is 1.55 bits per heavy atom. The molecule has 0 saturated carbocycles. The maximum atomic E-state index is 12.0. The molecule has 1 heterocycles. The number of carbonyl (C=O) groups is 3.